The smallest absolute Gasteiger partial charge is 0.255 e. The molecular formula is C19H17NO. The van der Waals surface area contributed by atoms with Crippen LogP contribution in [0.2, 0.25) is 0 Å². The molecule has 0 radical (unpaired) electrons. The van der Waals surface area contributed by atoms with Crippen LogP contribution in [0.1, 0.15) is 21.5 Å². The number of nitrogens with one attached hydrogen (secondary N) is 1. The first-order chi connectivity index (χ1) is 10.1. The van der Waals surface area contributed by atoms with Crippen LogP contribution in [0.25, 0.3) is 10.8 Å². The van der Waals surface area contributed by atoms with Gasteiger partial charge in [0.1, 0.15) is 0 Å². The van der Waals surface area contributed by atoms with Crippen LogP contribution in [0.4, 0.5) is 5.69 Å². The van der Waals surface area contributed by atoms with Crippen molar-refractivity contribution in [3.63, 3.8) is 0 Å². The summed E-state index contributed by atoms with van der Waals surface area (Å²) in [5.74, 6) is -0.0780. The lowest BCUT2D eigenvalue weighted by molar-refractivity contribution is 0.102. The number of hydrogen-bond acceptors (Lipinski definition) is 1. The summed E-state index contributed by atoms with van der Waals surface area (Å²) in [6, 6.07) is 19.8. The Bertz CT molecular complexity index is 800. The maximum Gasteiger partial charge on any atom is 0.255 e. The average molecular weight is 275 g/mol. The summed E-state index contributed by atoms with van der Waals surface area (Å²) in [5.41, 5.74) is 3.80. The van der Waals surface area contributed by atoms with Gasteiger partial charge in [-0.25, -0.2) is 0 Å². The summed E-state index contributed by atoms with van der Waals surface area (Å²) in [5, 5.41) is 5.18. The zero-order valence-electron chi connectivity index (χ0n) is 12.2. The lowest BCUT2D eigenvalue weighted by atomic mass is 10.1. The lowest BCUT2D eigenvalue weighted by Gasteiger charge is -2.08. The summed E-state index contributed by atoms with van der Waals surface area (Å²) in [6.45, 7) is 4.05. The molecule has 0 saturated heterocycles. The van der Waals surface area contributed by atoms with Gasteiger partial charge in [-0.05, 0) is 60.0 Å². The maximum atomic E-state index is 12.4. The van der Waals surface area contributed by atoms with E-state index in [1.54, 1.807) is 0 Å². The molecule has 0 atom stereocenters. The van der Waals surface area contributed by atoms with E-state index in [2.05, 4.69) is 11.4 Å². The Morgan fingerprint density at radius 3 is 2.19 bits per heavy atom. The van der Waals surface area contributed by atoms with Crippen molar-refractivity contribution in [2.24, 2.45) is 0 Å². The molecule has 2 heteroatoms. The molecule has 1 N–H and O–H groups in total. The summed E-state index contributed by atoms with van der Waals surface area (Å²) < 4.78 is 0. The van der Waals surface area contributed by atoms with Crippen molar-refractivity contribution in [1.29, 1.82) is 0 Å². The van der Waals surface area contributed by atoms with Crippen LogP contribution >= 0.6 is 0 Å². The number of rotatable bonds is 2. The summed E-state index contributed by atoms with van der Waals surface area (Å²) >= 11 is 0. The largest absolute Gasteiger partial charge is 0.322 e. The van der Waals surface area contributed by atoms with Gasteiger partial charge in [0.05, 0.1) is 0 Å². The van der Waals surface area contributed by atoms with Crippen LogP contribution in [-0.4, -0.2) is 5.91 Å². The van der Waals surface area contributed by atoms with Crippen molar-refractivity contribution in [2.75, 3.05) is 5.32 Å². The molecule has 2 nitrogen and oxygen atoms in total. The molecule has 0 aliphatic rings. The monoisotopic (exact) mass is 275 g/mol. The first-order valence-corrected chi connectivity index (χ1v) is 7.00. The summed E-state index contributed by atoms with van der Waals surface area (Å²) in [7, 11) is 0. The van der Waals surface area contributed by atoms with Gasteiger partial charge in [0.15, 0.2) is 0 Å². The normalized spacial score (nSPS) is 10.6. The number of benzene rings is 3. The van der Waals surface area contributed by atoms with Crippen LogP contribution in [0, 0.1) is 13.8 Å². The summed E-state index contributed by atoms with van der Waals surface area (Å²) in [6.07, 6.45) is 0. The minimum absolute atomic E-state index is 0.0780. The zero-order chi connectivity index (χ0) is 14.8. The van der Waals surface area contributed by atoms with E-state index in [9.17, 15) is 4.79 Å². The quantitative estimate of drug-likeness (QED) is 0.721. The average Bonchev–Trinajstić information content (AvgIpc) is 2.45. The third kappa shape index (κ3) is 2.95. The van der Waals surface area contributed by atoms with Crippen molar-refractivity contribution in [1.82, 2.24) is 0 Å². The molecule has 0 aliphatic heterocycles. The molecule has 0 heterocycles. The van der Waals surface area contributed by atoms with Gasteiger partial charge in [-0.2, -0.15) is 0 Å². The molecule has 21 heavy (non-hydrogen) atoms. The predicted octanol–water partition coefficient (Wildman–Crippen LogP) is 4.71. The van der Waals surface area contributed by atoms with Crippen molar-refractivity contribution in [3.8, 4) is 0 Å². The molecule has 3 rings (SSSR count). The predicted molar refractivity (Wildman–Crippen MR) is 87.8 cm³/mol. The number of fused-ring (bicyclic) bond motifs is 1. The van der Waals surface area contributed by atoms with Crippen molar-refractivity contribution < 1.29 is 4.79 Å². The highest BCUT2D eigenvalue weighted by atomic mass is 16.1. The molecule has 0 saturated carbocycles. The molecular weight excluding hydrogens is 258 g/mol. The number of carbonyl (C=O) groups is 1. The lowest BCUT2D eigenvalue weighted by Crippen LogP contribution is -2.12. The molecule has 0 spiro atoms. The Hall–Kier alpha value is -2.61. The first kappa shape index (κ1) is 13.4. The molecule has 0 unspecified atom stereocenters. The topological polar surface area (TPSA) is 29.1 Å². The Balaban J connectivity index is 1.89. The van der Waals surface area contributed by atoms with Gasteiger partial charge in [0.2, 0.25) is 0 Å². The molecule has 0 fully saturated rings. The molecule has 0 aliphatic carbocycles. The van der Waals surface area contributed by atoms with E-state index in [0.717, 1.165) is 27.6 Å². The second kappa shape index (κ2) is 5.41. The minimum Gasteiger partial charge on any atom is -0.322 e. The Morgan fingerprint density at radius 2 is 1.48 bits per heavy atom. The third-order valence-corrected chi connectivity index (χ3v) is 3.49. The van der Waals surface area contributed by atoms with E-state index in [0.29, 0.717) is 5.56 Å². The Kier molecular flexibility index (Phi) is 3.44. The van der Waals surface area contributed by atoms with Gasteiger partial charge in [-0.15, -0.1) is 0 Å². The van der Waals surface area contributed by atoms with Gasteiger partial charge in [-0.1, -0.05) is 36.4 Å². The van der Waals surface area contributed by atoms with Gasteiger partial charge in [-0.3, -0.25) is 4.79 Å². The number of carbonyl (C=O) groups excluding carboxylic acids is 1. The van der Waals surface area contributed by atoms with Crippen LogP contribution in [0.3, 0.4) is 0 Å². The van der Waals surface area contributed by atoms with E-state index in [1.807, 2.05) is 68.4 Å². The number of amides is 1. The second-order valence-corrected chi connectivity index (χ2v) is 5.39. The van der Waals surface area contributed by atoms with E-state index in [4.69, 9.17) is 0 Å². The molecule has 104 valence electrons. The maximum absolute atomic E-state index is 12.4. The first-order valence-electron chi connectivity index (χ1n) is 7.00. The highest BCUT2D eigenvalue weighted by Gasteiger charge is 2.07. The van der Waals surface area contributed by atoms with Crippen molar-refractivity contribution in [2.45, 2.75) is 13.8 Å². The van der Waals surface area contributed by atoms with E-state index < -0.39 is 0 Å². The molecule has 1 amide bonds. The highest BCUT2D eigenvalue weighted by molar-refractivity contribution is 6.06. The fourth-order valence-corrected chi connectivity index (χ4v) is 2.58. The minimum atomic E-state index is -0.0780. The van der Waals surface area contributed by atoms with Gasteiger partial charge in [0.25, 0.3) is 5.91 Å². The zero-order valence-corrected chi connectivity index (χ0v) is 12.2. The van der Waals surface area contributed by atoms with Crippen molar-refractivity contribution in [3.05, 3.63) is 77.4 Å². The second-order valence-electron chi connectivity index (χ2n) is 5.39. The van der Waals surface area contributed by atoms with Gasteiger partial charge < -0.3 is 5.32 Å². The Labute approximate surface area is 124 Å². The fraction of sp³-hybridized carbons (Fsp3) is 0.105. The number of anilines is 1. The van der Waals surface area contributed by atoms with E-state index in [-0.39, 0.29) is 5.91 Å². The van der Waals surface area contributed by atoms with Crippen LogP contribution in [0.5, 0.6) is 0 Å². The van der Waals surface area contributed by atoms with Crippen molar-refractivity contribution >= 4 is 22.4 Å². The molecule has 0 bridgehead atoms. The van der Waals surface area contributed by atoms with Crippen LogP contribution in [-0.2, 0) is 0 Å². The van der Waals surface area contributed by atoms with E-state index in [1.165, 1.54) is 0 Å². The fourth-order valence-electron chi connectivity index (χ4n) is 2.58. The molecule has 3 aromatic carbocycles. The van der Waals surface area contributed by atoms with Gasteiger partial charge in [0, 0.05) is 11.3 Å². The number of aryl methyl sites for hydroxylation is 2. The standard InChI is InChI=1S/C19H17NO/c1-13-9-14(2)11-18(10-13)20-19(21)17-8-7-15-5-3-4-6-16(15)12-17/h3-12H,1-2H3,(H,20,21). The van der Waals surface area contributed by atoms with Crippen LogP contribution in [0.15, 0.2) is 60.7 Å². The SMILES string of the molecule is Cc1cc(C)cc(NC(=O)c2ccc3ccccc3c2)c1. The summed E-state index contributed by atoms with van der Waals surface area (Å²) in [4.78, 5) is 12.4. The van der Waals surface area contributed by atoms with Gasteiger partial charge >= 0.3 is 0 Å². The number of hydrogen-bond donors (Lipinski definition) is 1. The molecule has 0 aromatic heterocycles. The Morgan fingerprint density at radius 1 is 0.810 bits per heavy atom. The highest BCUT2D eigenvalue weighted by Crippen LogP contribution is 2.18. The molecule has 3 aromatic rings. The third-order valence-electron chi connectivity index (χ3n) is 3.49. The van der Waals surface area contributed by atoms with Crippen LogP contribution < -0.4 is 5.32 Å². The van der Waals surface area contributed by atoms with E-state index >= 15 is 0 Å².